The number of aromatic nitrogens is 2. The van der Waals surface area contributed by atoms with Crippen molar-refractivity contribution in [2.45, 2.75) is 6.42 Å². The smallest absolute Gasteiger partial charge is 0.228 e. The second-order valence-electron chi connectivity index (χ2n) is 7.74. The van der Waals surface area contributed by atoms with Gasteiger partial charge in [0.15, 0.2) is 5.13 Å². The second-order valence-corrected chi connectivity index (χ2v) is 8.70. The van der Waals surface area contributed by atoms with E-state index in [9.17, 15) is 9.59 Å². The first kappa shape index (κ1) is 19.7. The molecule has 2 saturated heterocycles. The SMILES string of the molecule is COc1ccc(N2CC(C(=O)N3CCN(c4nc5cccnc5s4)CC3)CC2=O)cc1. The Labute approximate surface area is 184 Å². The van der Waals surface area contributed by atoms with Crippen molar-refractivity contribution in [3.63, 3.8) is 0 Å². The first-order valence-electron chi connectivity index (χ1n) is 10.3. The van der Waals surface area contributed by atoms with Crippen LogP contribution in [0.1, 0.15) is 6.42 Å². The predicted molar refractivity (Wildman–Crippen MR) is 120 cm³/mol. The third kappa shape index (κ3) is 3.81. The summed E-state index contributed by atoms with van der Waals surface area (Å²) >= 11 is 1.58. The van der Waals surface area contributed by atoms with Crippen molar-refractivity contribution in [3.05, 3.63) is 42.6 Å². The van der Waals surface area contributed by atoms with Gasteiger partial charge in [0.1, 0.15) is 16.1 Å². The fourth-order valence-electron chi connectivity index (χ4n) is 4.15. The molecule has 1 unspecified atom stereocenters. The average molecular weight is 438 g/mol. The largest absolute Gasteiger partial charge is 0.497 e. The molecule has 0 bridgehead atoms. The Morgan fingerprint density at radius 3 is 2.61 bits per heavy atom. The van der Waals surface area contributed by atoms with E-state index in [0.717, 1.165) is 40.0 Å². The molecule has 9 heteroatoms. The van der Waals surface area contributed by atoms with Crippen LogP contribution in [-0.4, -0.2) is 66.5 Å². The highest BCUT2D eigenvalue weighted by molar-refractivity contribution is 7.21. The summed E-state index contributed by atoms with van der Waals surface area (Å²) < 4.78 is 5.18. The van der Waals surface area contributed by atoms with E-state index in [1.807, 2.05) is 41.3 Å². The Balaban J connectivity index is 1.20. The van der Waals surface area contributed by atoms with Crippen LogP contribution in [0, 0.1) is 5.92 Å². The molecule has 4 heterocycles. The lowest BCUT2D eigenvalue weighted by Crippen LogP contribution is -2.50. The molecule has 0 aliphatic carbocycles. The van der Waals surface area contributed by atoms with Crippen molar-refractivity contribution in [2.24, 2.45) is 5.92 Å². The summed E-state index contributed by atoms with van der Waals surface area (Å²) in [6, 6.07) is 11.2. The number of rotatable bonds is 4. The number of hydrogen-bond donors (Lipinski definition) is 0. The van der Waals surface area contributed by atoms with Crippen LogP contribution in [-0.2, 0) is 9.59 Å². The van der Waals surface area contributed by atoms with Crippen molar-refractivity contribution in [1.82, 2.24) is 14.9 Å². The number of nitrogens with zero attached hydrogens (tertiary/aromatic N) is 5. The molecule has 0 N–H and O–H groups in total. The zero-order valence-electron chi connectivity index (χ0n) is 17.2. The maximum atomic E-state index is 13.1. The van der Waals surface area contributed by atoms with E-state index in [-0.39, 0.29) is 24.2 Å². The first-order valence-corrected chi connectivity index (χ1v) is 11.1. The fraction of sp³-hybridized carbons (Fsp3) is 0.364. The highest BCUT2D eigenvalue weighted by Gasteiger charge is 2.38. The molecule has 31 heavy (non-hydrogen) atoms. The average Bonchev–Trinajstić information content (AvgIpc) is 3.42. The van der Waals surface area contributed by atoms with Crippen molar-refractivity contribution in [3.8, 4) is 5.75 Å². The van der Waals surface area contributed by atoms with E-state index in [0.29, 0.717) is 19.6 Å². The van der Waals surface area contributed by atoms with Gasteiger partial charge in [-0.25, -0.2) is 9.97 Å². The van der Waals surface area contributed by atoms with Crippen LogP contribution in [0.25, 0.3) is 10.3 Å². The minimum Gasteiger partial charge on any atom is -0.497 e. The van der Waals surface area contributed by atoms with Crippen LogP contribution in [0.5, 0.6) is 5.75 Å². The molecule has 2 aliphatic rings. The number of pyridine rings is 1. The number of carbonyl (C=O) groups is 2. The number of carbonyl (C=O) groups excluding carboxylic acids is 2. The molecule has 1 aromatic carbocycles. The Kier molecular flexibility index (Phi) is 5.19. The van der Waals surface area contributed by atoms with Crippen molar-refractivity contribution >= 4 is 44.3 Å². The number of ether oxygens (including phenoxy) is 1. The molecule has 0 radical (unpaired) electrons. The maximum Gasteiger partial charge on any atom is 0.228 e. The van der Waals surface area contributed by atoms with Gasteiger partial charge in [0.25, 0.3) is 0 Å². The zero-order valence-corrected chi connectivity index (χ0v) is 18.0. The topological polar surface area (TPSA) is 78.9 Å². The molecule has 0 saturated carbocycles. The molecule has 3 aromatic rings. The van der Waals surface area contributed by atoms with E-state index < -0.39 is 0 Å². The number of piperazine rings is 1. The molecule has 0 spiro atoms. The van der Waals surface area contributed by atoms with Gasteiger partial charge in [-0.05, 0) is 36.4 Å². The molecule has 2 amide bonds. The van der Waals surface area contributed by atoms with Crippen LogP contribution in [0.2, 0.25) is 0 Å². The van der Waals surface area contributed by atoms with Crippen molar-refractivity contribution in [2.75, 3.05) is 49.6 Å². The summed E-state index contributed by atoms with van der Waals surface area (Å²) in [4.78, 5) is 41.4. The number of thiazole rings is 1. The van der Waals surface area contributed by atoms with E-state index in [1.54, 1.807) is 29.5 Å². The molecular weight excluding hydrogens is 414 g/mol. The monoisotopic (exact) mass is 437 g/mol. The van der Waals surface area contributed by atoms with Gasteiger partial charge in [-0.15, -0.1) is 0 Å². The fourth-order valence-corrected chi connectivity index (χ4v) is 5.12. The molecule has 1 atom stereocenters. The first-order chi connectivity index (χ1) is 15.1. The van der Waals surface area contributed by atoms with Gasteiger partial charge in [-0.3, -0.25) is 9.59 Å². The Bertz CT molecular complexity index is 1070. The van der Waals surface area contributed by atoms with E-state index in [1.165, 1.54) is 0 Å². The van der Waals surface area contributed by atoms with E-state index in [2.05, 4.69) is 14.9 Å². The van der Waals surface area contributed by atoms with Crippen LogP contribution in [0.15, 0.2) is 42.6 Å². The number of hydrogen-bond acceptors (Lipinski definition) is 7. The number of methoxy groups -OCH3 is 1. The number of anilines is 2. The van der Waals surface area contributed by atoms with E-state index >= 15 is 0 Å². The summed E-state index contributed by atoms with van der Waals surface area (Å²) in [5.41, 5.74) is 1.71. The molecular formula is C22H23N5O3S. The normalized spacial score (nSPS) is 19.3. The van der Waals surface area contributed by atoms with Gasteiger partial charge in [-0.1, -0.05) is 11.3 Å². The highest BCUT2D eigenvalue weighted by atomic mass is 32.1. The molecule has 5 rings (SSSR count). The number of amides is 2. The summed E-state index contributed by atoms with van der Waals surface area (Å²) in [5, 5.41) is 0.947. The van der Waals surface area contributed by atoms with Gasteiger partial charge in [0.05, 0.1) is 13.0 Å². The van der Waals surface area contributed by atoms with Gasteiger partial charge >= 0.3 is 0 Å². The van der Waals surface area contributed by atoms with Gasteiger partial charge < -0.3 is 19.4 Å². The van der Waals surface area contributed by atoms with Gasteiger partial charge in [-0.2, -0.15) is 0 Å². The Hall–Kier alpha value is -3.20. The van der Waals surface area contributed by atoms with Gasteiger partial charge in [0.2, 0.25) is 11.8 Å². The molecule has 8 nitrogen and oxygen atoms in total. The standard InChI is InChI=1S/C22H23N5O3S/c1-30-17-6-4-16(5-7-17)27-14-15(13-19(27)28)21(29)25-9-11-26(12-10-25)22-24-18-3-2-8-23-20(18)31-22/h2-8,15H,9-14H2,1H3. The molecule has 2 fully saturated rings. The predicted octanol–water partition coefficient (Wildman–Crippen LogP) is 2.40. The van der Waals surface area contributed by atoms with Crippen LogP contribution < -0.4 is 14.5 Å². The minimum atomic E-state index is -0.298. The highest BCUT2D eigenvalue weighted by Crippen LogP contribution is 2.30. The molecule has 2 aromatic heterocycles. The lowest BCUT2D eigenvalue weighted by atomic mass is 10.1. The minimum absolute atomic E-state index is 0.0101. The van der Waals surface area contributed by atoms with Crippen molar-refractivity contribution < 1.29 is 14.3 Å². The number of benzene rings is 1. The van der Waals surface area contributed by atoms with Crippen molar-refractivity contribution in [1.29, 1.82) is 0 Å². The Morgan fingerprint density at radius 2 is 1.90 bits per heavy atom. The Morgan fingerprint density at radius 1 is 1.13 bits per heavy atom. The zero-order chi connectivity index (χ0) is 21.4. The summed E-state index contributed by atoms with van der Waals surface area (Å²) in [5.74, 6) is 0.497. The summed E-state index contributed by atoms with van der Waals surface area (Å²) in [7, 11) is 1.61. The summed E-state index contributed by atoms with van der Waals surface area (Å²) in [6.45, 7) is 3.15. The number of fused-ring (bicyclic) bond motifs is 1. The molecule has 2 aliphatic heterocycles. The quantitative estimate of drug-likeness (QED) is 0.624. The van der Waals surface area contributed by atoms with Crippen LogP contribution in [0.4, 0.5) is 10.8 Å². The van der Waals surface area contributed by atoms with Crippen LogP contribution >= 0.6 is 11.3 Å². The van der Waals surface area contributed by atoms with E-state index in [4.69, 9.17) is 4.74 Å². The third-order valence-corrected chi connectivity index (χ3v) is 6.92. The second kappa shape index (κ2) is 8.14. The van der Waals surface area contributed by atoms with Crippen LogP contribution in [0.3, 0.4) is 0 Å². The lowest BCUT2D eigenvalue weighted by molar-refractivity contribution is -0.136. The molecule has 160 valence electrons. The summed E-state index contributed by atoms with van der Waals surface area (Å²) in [6.07, 6.45) is 2.04. The third-order valence-electron chi connectivity index (χ3n) is 5.88. The lowest BCUT2D eigenvalue weighted by Gasteiger charge is -2.35. The van der Waals surface area contributed by atoms with Gasteiger partial charge in [0, 0.05) is 51.0 Å². The maximum absolute atomic E-state index is 13.1.